The minimum absolute atomic E-state index is 0.0298. The molecule has 0 unspecified atom stereocenters. The van der Waals surface area contributed by atoms with E-state index in [1.807, 2.05) is 72.8 Å². The number of hydrogen-bond acceptors (Lipinski definition) is 3. The van der Waals surface area contributed by atoms with Gasteiger partial charge in [0.1, 0.15) is 0 Å². The summed E-state index contributed by atoms with van der Waals surface area (Å²) in [5.41, 5.74) is 3.46. The van der Waals surface area contributed by atoms with Gasteiger partial charge in [-0.15, -0.1) is 11.8 Å². The Balaban J connectivity index is 1.30. The lowest BCUT2D eigenvalue weighted by Crippen LogP contribution is -2.26. The maximum atomic E-state index is 12.8. The summed E-state index contributed by atoms with van der Waals surface area (Å²) < 4.78 is 0. The molecule has 0 spiro atoms. The SMILES string of the molecule is CN(Cc1ccc(C(=O)NC2CC2)cc1)C(=O)c1ccc(CSc2ccc(Cl)cc2)cc1. The van der Waals surface area contributed by atoms with Crippen LogP contribution in [0.2, 0.25) is 5.02 Å². The van der Waals surface area contributed by atoms with Crippen LogP contribution in [0.15, 0.2) is 77.7 Å². The zero-order valence-corrected chi connectivity index (χ0v) is 19.5. The van der Waals surface area contributed by atoms with Gasteiger partial charge in [0.05, 0.1) is 0 Å². The van der Waals surface area contributed by atoms with E-state index in [-0.39, 0.29) is 11.8 Å². The van der Waals surface area contributed by atoms with Crippen LogP contribution in [0.3, 0.4) is 0 Å². The van der Waals surface area contributed by atoms with Crippen LogP contribution in [0.25, 0.3) is 0 Å². The molecule has 4 rings (SSSR count). The van der Waals surface area contributed by atoms with Crippen molar-refractivity contribution in [3.05, 3.63) is 100 Å². The van der Waals surface area contributed by atoms with E-state index in [0.29, 0.717) is 23.7 Å². The predicted molar refractivity (Wildman–Crippen MR) is 130 cm³/mol. The predicted octanol–water partition coefficient (Wildman–Crippen LogP) is 5.80. The fourth-order valence-corrected chi connectivity index (χ4v) is 4.25. The van der Waals surface area contributed by atoms with Crippen LogP contribution in [0, 0.1) is 0 Å². The van der Waals surface area contributed by atoms with Gasteiger partial charge in [-0.25, -0.2) is 0 Å². The van der Waals surface area contributed by atoms with Gasteiger partial charge in [-0.1, -0.05) is 35.9 Å². The number of thioether (sulfide) groups is 1. The van der Waals surface area contributed by atoms with Gasteiger partial charge in [0.25, 0.3) is 11.8 Å². The van der Waals surface area contributed by atoms with Gasteiger partial charge >= 0.3 is 0 Å². The molecule has 2 amide bonds. The fourth-order valence-electron chi connectivity index (χ4n) is 3.27. The minimum Gasteiger partial charge on any atom is -0.349 e. The number of rotatable bonds is 8. The van der Waals surface area contributed by atoms with Gasteiger partial charge < -0.3 is 10.2 Å². The molecule has 0 aliphatic heterocycles. The Bertz CT molecular complexity index is 1080. The summed E-state index contributed by atoms with van der Waals surface area (Å²) >= 11 is 7.66. The molecule has 1 saturated carbocycles. The molecule has 1 aliphatic rings. The van der Waals surface area contributed by atoms with Gasteiger partial charge in [0.15, 0.2) is 0 Å². The van der Waals surface area contributed by atoms with E-state index < -0.39 is 0 Å². The van der Waals surface area contributed by atoms with Crippen molar-refractivity contribution >= 4 is 35.2 Å². The molecule has 32 heavy (non-hydrogen) atoms. The Morgan fingerprint density at radius 1 is 0.906 bits per heavy atom. The molecule has 6 heteroatoms. The molecule has 1 aliphatic carbocycles. The van der Waals surface area contributed by atoms with Crippen LogP contribution in [-0.2, 0) is 12.3 Å². The second-order valence-electron chi connectivity index (χ2n) is 8.05. The molecular weight excluding hydrogens is 440 g/mol. The molecular formula is C26H25ClN2O2S. The first-order valence-corrected chi connectivity index (χ1v) is 12.0. The maximum Gasteiger partial charge on any atom is 0.253 e. The zero-order valence-electron chi connectivity index (χ0n) is 17.9. The second-order valence-corrected chi connectivity index (χ2v) is 9.53. The van der Waals surface area contributed by atoms with E-state index in [2.05, 4.69) is 5.32 Å². The largest absolute Gasteiger partial charge is 0.349 e. The number of hydrogen-bond donors (Lipinski definition) is 1. The van der Waals surface area contributed by atoms with Crippen LogP contribution in [0.4, 0.5) is 0 Å². The summed E-state index contributed by atoms with van der Waals surface area (Å²) in [6, 6.07) is 23.3. The third-order valence-corrected chi connectivity index (χ3v) is 6.65. The van der Waals surface area contributed by atoms with E-state index in [0.717, 1.165) is 39.6 Å². The van der Waals surface area contributed by atoms with Crippen molar-refractivity contribution in [1.29, 1.82) is 0 Å². The third-order valence-electron chi connectivity index (χ3n) is 5.32. The molecule has 0 aromatic heterocycles. The molecule has 4 nitrogen and oxygen atoms in total. The minimum atomic E-state index is -0.0301. The zero-order chi connectivity index (χ0) is 22.5. The third kappa shape index (κ3) is 6.15. The van der Waals surface area contributed by atoms with E-state index in [4.69, 9.17) is 11.6 Å². The Labute approximate surface area is 198 Å². The standard InChI is InChI=1S/C26H25ClN2O2S/c1-29(16-18-2-6-20(7-3-18)25(30)28-23-12-13-23)26(31)21-8-4-19(5-9-21)17-32-24-14-10-22(27)11-15-24/h2-11,14-15,23H,12-13,16-17H2,1H3,(H,28,30). The highest BCUT2D eigenvalue weighted by Gasteiger charge is 2.23. The van der Waals surface area contributed by atoms with Gasteiger partial charge in [0, 0.05) is 46.4 Å². The highest BCUT2D eigenvalue weighted by molar-refractivity contribution is 7.98. The maximum absolute atomic E-state index is 12.8. The van der Waals surface area contributed by atoms with Crippen molar-refractivity contribution in [2.24, 2.45) is 0 Å². The van der Waals surface area contributed by atoms with Gasteiger partial charge in [-0.05, 0) is 72.5 Å². The Morgan fingerprint density at radius 3 is 2.12 bits per heavy atom. The summed E-state index contributed by atoms with van der Waals surface area (Å²) in [5, 5.41) is 3.72. The summed E-state index contributed by atoms with van der Waals surface area (Å²) in [4.78, 5) is 27.8. The van der Waals surface area contributed by atoms with Crippen LogP contribution in [0.1, 0.15) is 44.7 Å². The van der Waals surface area contributed by atoms with Crippen molar-refractivity contribution in [2.45, 2.75) is 36.1 Å². The molecule has 1 fully saturated rings. The molecule has 0 saturated heterocycles. The summed E-state index contributed by atoms with van der Waals surface area (Å²) in [7, 11) is 1.79. The second kappa shape index (κ2) is 10.2. The average Bonchev–Trinajstić information content (AvgIpc) is 3.63. The lowest BCUT2D eigenvalue weighted by Gasteiger charge is -2.18. The number of amides is 2. The Hall–Kier alpha value is -2.76. The van der Waals surface area contributed by atoms with Crippen molar-refractivity contribution < 1.29 is 9.59 Å². The fraction of sp³-hybridized carbons (Fsp3) is 0.231. The van der Waals surface area contributed by atoms with Crippen LogP contribution in [0.5, 0.6) is 0 Å². The van der Waals surface area contributed by atoms with Crippen molar-refractivity contribution in [3.8, 4) is 0 Å². The molecule has 0 heterocycles. The normalized spacial score (nSPS) is 12.9. The van der Waals surface area contributed by atoms with Gasteiger partial charge in [-0.3, -0.25) is 9.59 Å². The first-order chi connectivity index (χ1) is 15.5. The van der Waals surface area contributed by atoms with E-state index in [1.165, 1.54) is 0 Å². The summed E-state index contributed by atoms with van der Waals surface area (Å²) in [6.45, 7) is 0.484. The van der Waals surface area contributed by atoms with Gasteiger partial charge in [0.2, 0.25) is 0 Å². The lowest BCUT2D eigenvalue weighted by atomic mass is 10.1. The number of carbonyl (C=O) groups is 2. The van der Waals surface area contributed by atoms with E-state index in [1.54, 1.807) is 23.7 Å². The van der Waals surface area contributed by atoms with E-state index in [9.17, 15) is 9.59 Å². The number of nitrogens with zero attached hydrogens (tertiary/aromatic N) is 1. The van der Waals surface area contributed by atoms with Crippen LogP contribution < -0.4 is 5.32 Å². The Kier molecular flexibility index (Phi) is 7.18. The molecule has 3 aromatic carbocycles. The first kappa shape index (κ1) is 22.4. The molecule has 164 valence electrons. The highest BCUT2D eigenvalue weighted by atomic mass is 35.5. The molecule has 0 radical (unpaired) electrons. The highest BCUT2D eigenvalue weighted by Crippen LogP contribution is 2.24. The number of halogens is 1. The number of benzene rings is 3. The van der Waals surface area contributed by atoms with Crippen LogP contribution >= 0.6 is 23.4 Å². The average molecular weight is 465 g/mol. The van der Waals surface area contributed by atoms with Crippen LogP contribution in [-0.4, -0.2) is 29.8 Å². The lowest BCUT2D eigenvalue weighted by molar-refractivity contribution is 0.0784. The Morgan fingerprint density at radius 2 is 1.50 bits per heavy atom. The summed E-state index contributed by atoms with van der Waals surface area (Å²) in [5.74, 6) is 0.766. The molecule has 0 atom stereocenters. The molecule has 0 bridgehead atoms. The van der Waals surface area contributed by atoms with Crippen molar-refractivity contribution in [2.75, 3.05) is 7.05 Å². The molecule has 3 aromatic rings. The van der Waals surface area contributed by atoms with Crippen molar-refractivity contribution in [3.63, 3.8) is 0 Å². The monoisotopic (exact) mass is 464 g/mol. The van der Waals surface area contributed by atoms with Crippen molar-refractivity contribution in [1.82, 2.24) is 10.2 Å². The first-order valence-electron chi connectivity index (χ1n) is 10.6. The topological polar surface area (TPSA) is 49.4 Å². The van der Waals surface area contributed by atoms with E-state index >= 15 is 0 Å². The molecule has 1 N–H and O–H groups in total. The number of carbonyl (C=O) groups excluding carboxylic acids is 2. The smallest absolute Gasteiger partial charge is 0.253 e. The van der Waals surface area contributed by atoms with Gasteiger partial charge in [-0.2, -0.15) is 0 Å². The number of nitrogens with one attached hydrogen (secondary N) is 1. The quantitative estimate of drug-likeness (QED) is 0.429. The summed E-state index contributed by atoms with van der Waals surface area (Å²) in [6.07, 6.45) is 2.14.